The van der Waals surface area contributed by atoms with Gasteiger partial charge in [-0.05, 0) is 57.2 Å². The number of aromatic hydroxyl groups is 1. The molecule has 0 spiro atoms. The molecule has 3 aromatic heterocycles. The van der Waals surface area contributed by atoms with E-state index in [2.05, 4.69) is 34.6 Å². The van der Waals surface area contributed by atoms with E-state index < -0.39 is 26.5 Å². The van der Waals surface area contributed by atoms with Gasteiger partial charge in [0.25, 0.3) is 17.1 Å². The molecule has 0 fully saturated rings. The van der Waals surface area contributed by atoms with Crippen LogP contribution in [0.5, 0.6) is 29.0 Å². The molecule has 314 valence electrons. The summed E-state index contributed by atoms with van der Waals surface area (Å²) in [6, 6.07) is 20.7. The third-order valence-electron chi connectivity index (χ3n) is 5.88. The van der Waals surface area contributed by atoms with Crippen molar-refractivity contribution in [3.63, 3.8) is 0 Å². The van der Waals surface area contributed by atoms with Crippen LogP contribution >= 0.6 is 34.8 Å². The molecule has 0 aliphatic heterocycles. The molecule has 0 aliphatic carbocycles. The Kier molecular flexibility index (Phi) is 19.7. The number of nitrogens with two attached hydrogens (primary N) is 2. The van der Waals surface area contributed by atoms with E-state index in [4.69, 9.17) is 60.9 Å². The predicted molar refractivity (Wildman–Crippen MR) is 217 cm³/mol. The van der Waals surface area contributed by atoms with E-state index in [0.717, 1.165) is 0 Å². The van der Waals surface area contributed by atoms with Crippen LogP contribution in [0.25, 0.3) is 0 Å². The Bertz CT molecular complexity index is 2210. The van der Waals surface area contributed by atoms with Crippen molar-refractivity contribution in [3.05, 3.63) is 156 Å². The van der Waals surface area contributed by atoms with E-state index in [0.29, 0.717) is 21.8 Å². The molecule has 25 heteroatoms. The number of anilines is 1. The first-order chi connectivity index (χ1) is 28.2. The highest BCUT2D eigenvalue weighted by Crippen LogP contribution is 2.24. The predicted octanol–water partition coefficient (Wildman–Crippen LogP) is 8.55. The Morgan fingerprint density at radius 3 is 1.25 bits per heavy atom. The van der Waals surface area contributed by atoms with Gasteiger partial charge in [-0.2, -0.15) is 0 Å². The topological polar surface area (TPSA) is 324 Å². The number of primary amides is 1. The number of phenolic OH excluding ortho intramolecular Hbond substituents is 1. The average molecular weight is 889 g/mol. The number of amides is 1. The zero-order valence-electron chi connectivity index (χ0n) is 31.2. The number of rotatable bonds is 7. The van der Waals surface area contributed by atoms with Crippen molar-refractivity contribution in [2.24, 2.45) is 5.73 Å². The van der Waals surface area contributed by atoms with Crippen LogP contribution in [0, 0.1) is 30.3 Å². The highest BCUT2D eigenvalue weighted by molar-refractivity contribution is 6.33. The van der Waals surface area contributed by atoms with Crippen LogP contribution in [0.15, 0.2) is 110 Å². The van der Waals surface area contributed by atoms with Crippen LogP contribution in [0.2, 0.25) is 15.5 Å². The molecule has 1 amide bonds. The SMILES string of the molecule is CC(C)(C)OC(N)=O.Clc1cc(Cl)ncn1.Nc1cc(Oc2ccc([N+](=O)[O-])cc2)ncn1.O=[N+]([O-])c1ccc(O)cc1.O=[N+]([O-])c1ccc(Oc2cc(Cl)ncn2)cc1. The third kappa shape index (κ3) is 20.6. The lowest BCUT2D eigenvalue weighted by atomic mass is 10.2. The molecule has 0 radical (unpaired) electrons. The van der Waals surface area contributed by atoms with E-state index in [1.807, 2.05) is 0 Å². The average Bonchev–Trinajstić information content (AvgIpc) is 3.15. The molecule has 3 heterocycles. The number of hydrogen-bond acceptors (Lipinski definition) is 18. The van der Waals surface area contributed by atoms with Gasteiger partial charge in [0.15, 0.2) is 0 Å². The molecule has 3 aromatic carbocycles. The Labute approximate surface area is 354 Å². The normalized spacial score (nSPS) is 9.83. The Morgan fingerprint density at radius 2 is 0.950 bits per heavy atom. The standard InChI is InChI=1S/C10H6ClN3O3.C10H8N4O3.C6H5NO3.C5H11NO2.C4H2Cl2N2/c2*11-9-5-10(13-6-12-9)17-8-3-1-7(2-4-8)14(15)16;8-6-3-1-5(2-4-6)7(9)10;1-5(2,3)8-4(6)7;5-3-1-4(6)8-2-7-3/h1-6H;1-6H,(H2,11,12,13);1-4,8H;1-3H3,(H2,6,7);1-2H. The van der Waals surface area contributed by atoms with Crippen molar-refractivity contribution in [2.75, 3.05) is 5.73 Å². The summed E-state index contributed by atoms with van der Waals surface area (Å²) in [7, 11) is 0. The van der Waals surface area contributed by atoms with Gasteiger partial charge in [-0.3, -0.25) is 30.3 Å². The van der Waals surface area contributed by atoms with Gasteiger partial charge in [-0.15, -0.1) is 0 Å². The minimum absolute atomic E-state index is 0.000415. The number of ether oxygens (including phenoxy) is 3. The fraction of sp³-hybridized carbons (Fsp3) is 0.114. The fourth-order valence-corrected chi connectivity index (χ4v) is 3.97. The van der Waals surface area contributed by atoms with Crippen LogP contribution in [0.1, 0.15) is 20.8 Å². The Morgan fingerprint density at radius 1 is 0.600 bits per heavy atom. The van der Waals surface area contributed by atoms with Gasteiger partial charge in [0.1, 0.15) is 63.1 Å². The smallest absolute Gasteiger partial charge is 0.405 e. The van der Waals surface area contributed by atoms with Crippen molar-refractivity contribution < 1.29 is 38.9 Å². The second-order valence-corrected chi connectivity index (χ2v) is 12.8. The highest BCUT2D eigenvalue weighted by Gasteiger charge is 2.12. The van der Waals surface area contributed by atoms with Gasteiger partial charge in [0.05, 0.1) is 14.8 Å². The number of phenols is 1. The number of aromatic nitrogens is 6. The van der Waals surface area contributed by atoms with Gasteiger partial charge in [0, 0.05) is 54.6 Å². The zero-order chi connectivity index (χ0) is 44.8. The Balaban J connectivity index is 0.000000270. The molecule has 0 bridgehead atoms. The first kappa shape index (κ1) is 48.6. The summed E-state index contributed by atoms with van der Waals surface area (Å²) >= 11 is 16.5. The number of halogens is 3. The molecule has 5 N–H and O–H groups in total. The second-order valence-electron chi connectivity index (χ2n) is 11.6. The van der Waals surface area contributed by atoms with E-state index in [-0.39, 0.29) is 45.5 Å². The third-order valence-corrected chi connectivity index (χ3v) is 6.50. The van der Waals surface area contributed by atoms with E-state index >= 15 is 0 Å². The molecule has 0 saturated heterocycles. The summed E-state index contributed by atoms with van der Waals surface area (Å²) in [6.07, 6.45) is 3.13. The highest BCUT2D eigenvalue weighted by atomic mass is 35.5. The molecule has 0 saturated carbocycles. The molecule has 6 rings (SSSR count). The summed E-state index contributed by atoms with van der Waals surface area (Å²) in [4.78, 5) is 61.8. The first-order valence-corrected chi connectivity index (χ1v) is 17.3. The largest absolute Gasteiger partial charge is 0.508 e. The Hall–Kier alpha value is -7.56. The van der Waals surface area contributed by atoms with Crippen LogP contribution in [0.3, 0.4) is 0 Å². The van der Waals surface area contributed by atoms with Gasteiger partial charge < -0.3 is 30.8 Å². The lowest BCUT2D eigenvalue weighted by molar-refractivity contribution is -0.385. The molecule has 22 nitrogen and oxygen atoms in total. The number of non-ortho nitro benzene ring substituents is 3. The van der Waals surface area contributed by atoms with E-state index in [1.165, 1.54) is 110 Å². The monoisotopic (exact) mass is 887 g/mol. The number of nitrogen functional groups attached to an aromatic ring is 1. The molecule has 0 unspecified atom stereocenters. The fourth-order valence-electron chi connectivity index (χ4n) is 3.48. The number of nitro groups is 3. The number of carbonyl (C=O) groups is 1. The second kappa shape index (κ2) is 24.3. The number of carbonyl (C=O) groups excluding carboxylic acids is 1. The van der Waals surface area contributed by atoms with Crippen LogP contribution < -0.4 is 20.9 Å². The van der Waals surface area contributed by atoms with Crippen LogP contribution in [-0.2, 0) is 4.74 Å². The summed E-state index contributed by atoms with van der Waals surface area (Å²) < 4.78 is 15.3. The summed E-state index contributed by atoms with van der Waals surface area (Å²) in [5.41, 5.74) is 9.70. The van der Waals surface area contributed by atoms with Crippen LogP contribution in [0.4, 0.5) is 27.7 Å². The quantitative estimate of drug-likeness (QED) is 0.0767. The van der Waals surface area contributed by atoms with Gasteiger partial charge in [-0.25, -0.2) is 34.7 Å². The zero-order valence-corrected chi connectivity index (χ0v) is 33.5. The molecule has 0 atom stereocenters. The lowest BCUT2D eigenvalue weighted by Gasteiger charge is -2.16. The van der Waals surface area contributed by atoms with Crippen molar-refractivity contribution in [1.29, 1.82) is 0 Å². The minimum Gasteiger partial charge on any atom is -0.508 e. The summed E-state index contributed by atoms with van der Waals surface area (Å²) in [6.45, 7) is 5.28. The van der Waals surface area contributed by atoms with Crippen LogP contribution in [-0.4, -0.2) is 61.5 Å². The number of hydrogen-bond donors (Lipinski definition) is 3. The first-order valence-electron chi connectivity index (χ1n) is 16.2. The van der Waals surface area contributed by atoms with Crippen molar-refractivity contribution >= 4 is 63.8 Å². The minimum atomic E-state index is -0.725. The summed E-state index contributed by atoms with van der Waals surface area (Å²) in [5, 5.41) is 40.6. The maximum atomic E-state index is 10.4. The maximum Gasteiger partial charge on any atom is 0.405 e. The summed E-state index contributed by atoms with van der Waals surface area (Å²) in [5.74, 6) is 1.76. The molecular weight excluding hydrogens is 857 g/mol. The van der Waals surface area contributed by atoms with E-state index in [1.54, 1.807) is 20.8 Å². The van der Waals surface area contributed by atoms with E-state index in [9.17, 15) is 35.1 Å². The molecule has 60 heavy (non-hydrogen) atoms. The maximum absolute atomic E-state index is 10.4. The number of nitrogens with zero attached hydrogens (tertiary/aromatic N) is 9. The van der Waals surface area contributed by atoms with Gasteiger partial charge in [0.2, 0.25) is 11.8 Å². The molecular formula is C35H32Cl3N11O11. The van der Waals surface area contributed by atoms with Crippen molar-refractivity contribution in [1.82, 2.24) is 29.9 Å². The number of benzene rings is 3. The van der Waals surface area contributed by atoms with Crippen molar-refractivity contribution in [3.8, 4) is 29.0 Å². The van der Waals surface area contributed by atoms with Crippen molar-refractivity contribution in [2.45, 2.75) is 26.4 Å². The molecule has 6 aromatic rings. The van der Waals surface area contributed by atoms with Gasteiger partial charge >= 0.3 is 6.09 Å². The number of nitro benzene ring substituents is 3. The van der Waals surface area contributed by atoms with Gasteiger partial charge in [-0.1, -0.05) is 34.8 Å². The molecule has 0 aliphatic rings. The lowest BCUT2D eigenvalue weighted by Crippen LogP contribution is -2.27.